The predicted molar refractivity (Wildman–Crippen MR) is 122 cm³/mol. The van der Waals surface area contributed by atoms with Crippen molar-refractivity contribution in [2.45, 2.75) is 32.5 Å². The zero-order chi connectivity index (χ0) is 22.9. The number of ether oxygens (including phenoxy) is 2. The number of aromatic nitrogens is 4. The fourth-order valence-electron chi connectivity index (χ4n) is 4.06. The lowest BCUT2D eigenvalue weighted by atomic mass is 10.1. The van der Waals surface area contributed by atoms with E-state index in [2.05, 4.69) is 30.2 Å². The molecule has 1 amide bonds. The van der Waals surface area contributed by atoms with E-state index in [1.165, 1.54) is 0 Å². The minimum Gasteiger partial charge on any atom is -0.444 e. The maximum Gasteiger partial charge on any atom is 0.407 e. The maximum atomic E-state index is 12.1. The van der Waals surface area contributed by atoms with Gasteiger partial charge < -0.3 is 30.4 Å². The number of fused-ring (bicyclic) bond motifs is 1. The van der Waals surface area contributed by atoms with Crippen LogP contribution in [0.4, 0.5) is 16.4 Å². The smallest absolute Gasteiger partial charge is 0.407 e. The predicted octanol–water partition coefficient (Wildman–Crippen LogP) is 2.58. The molecule has 2 atom stereocenters. The monoisotopic (exact) mass is 439 g/mol. The number of aromatic amines is 1. The van der Waals surface area contributed by atoms with Gasteiger partial charge in [0.25, 0.3) is 0 Å². The van der Waals surface area contributed by atoms with Crippen LogP contribution >= 0.6 is 0 Å². The lowest BCUT2D eigenvalue weighted by Gasteiger charge is -2.22. The second kappa shape index (κ2) is 8.62. The molecule has 0 unspecified atom stereocenters. The number of amides is 1. The highest BCUT2D eigenvalue weighted by Crippen LogP contribution is 2.36. The molecule has 170 valence electrons. The van der Waals surface area contributed by atoms with E-state index in [0.717, 1.165) is 28.0 Å². The van der Waals surface area contributed by atoms with E-state index >= 15 is 0 Å². The molecule has 32 heavy (non-hydrogen) atoms. The molecule has 0 radical (unpaired) electrons. The molecule has 4 rings (SSSR count). The van der Waals surface area contributed by atoms with Crippen molar-refractivity contribution in [2.24, 2.45) is 5.92 Å². The van der Waals surface area contributed by atoms with E-state index in [-0.39, 0.29) is 18.0 Å². The average Bonchev–Trinajstić information content (AvgIpc) is 3.35. The van der Waals surface area contributed by atoms with Crippen molar-refractivity contribution in [1.29, 1.82) is 0 Å². The summed E-state index contributed by atoms with van der Waals surface area (Å²) in [5.74, 6) is 0.323. The summed E-state index contributed by atoms with van der Waals surface area (Å²) in [4.78, 5) is 30.4. The molecule has 0 bridgehead atoms. The van der Waals surface area contributed by atoms with Crippen LogP contribution in [0.2, 0.25) is 0 Å². The van der Waals surface area contributed by atoms with Gasteiger partial charge in [-0.3, -0.25) is 0 Å². The van der Waals surface area contributed by atoms with E-state index in [1.807, 2.05) is 39.1 Å². The van der Waals surface area contributed by atoms with Gasteiger partial charge in [0, 0.05) is 56.8 Å². The van der Waals surface area contributed by atoms with E-state index < -0.39 is 11.7 Å². The van der Waals surface area contributed by atoms with Gasteiger partial charge in [0.1, 0.15) is 11.2 Å². The molecule has 3 aromatic heterocycles. The second-order valence-corrected chi connectivity index (χ2v) is 8.88. The maximum absolute atomic E-state index is 12.1. The third-order valence-electron chi connectivity index (χ3n) is 5.43. The molecule has 1 aliphatic rings. The van der Waals surface area contributed by atoms with Crippen molar-refractivity contribution in [2.75, 3.05) is 37.4 Å². The molecule has 4 N–H and O–H groups in total. The molecule has 0 aromatic carbocycles. The Bertz CT molecular complexity index is 1110. The van der Waals surface area contributed by atoms with Gasteiger partial charge in [-0.1, -0.05) is 0 Å². The Balaban J connectivity index is 1.58. The number of anilines is 2. The number of hydrogen-bond donors (Lipinski definition) is 3. The lowest BCUT2D eigenvalue weighted by Crippen LogP contribution is -2.38. The highest BCUT2D eigenvalue weighted by atomic mass is 16.6. The number of H-pyrrole nitrogens is 1. The molecule has 10 nitrogen and oxygen atoms in total. The highest BCUT2D eigenvalue weighted by Gasteiger charge is 2.34. The zero-order valence-corrected chi connectivity index (χ0v) is 18.8. The fourth-order valence-corrected chi connectivity index (χ4v) is 4.06. The Kier molecular flexibility index (Phi) is 5.88. The molecule has 0 saturated carbocycles. The van der Waals surface area contributed by atoms with Gasteiger partial charge in [0.15, 0.2) is 0 Å². The van der Waals surface area contributed by atoms with E-state index in [4.69, 9.17) is 15.2 Å². The first-order valence-corrected chi connectivity index (χ1v) is 10.5. The van der Waals surface area contributed by atoms with Gasteiger partial charge in [0.05, 0.1) is 22.9 Å². The van der Waals surface area contributed by atoms with Crippen LogP contribution in [0.3, 0.4) is 0 Å². The van der Waals surface area contributed by atoms with Crippen LogP contribution in [0.1, 0.15) is 20.8 Å². The molecule has 0 spiro atoms. The summed E-state index contributed by atoms with van der Waals surface area (Å²) in [5.41, 5.74) is 8.67. The van der Waals surface area contributed by atoms with Crippen LogP contribution in [-0.4, -0.2) is 64.5 Å². The quantitative estimate of drug-likeness (QED) is 0.553. The van der Waals surface area contributed by atoms with Gasteiger partial charge in [-0.15, -0.1) is 0 Å². The fraction of sp³-hybridized carbons (Fsp3) is 0.455. The first-order valence-electron chi connectivity index (χ1n) is 10.5. The van der Waals surface area contributed by atoms with Crippen LogP contribution < -0.4 is 16.0 Å². The molecular weight excluding hydrogens is 410 g/mol. The van der Waals surface area contributed by atoms with Crippen molar-refractivity contribution in [3.05, 3.63) is 30.7 Å². The largest absolute Gasteiger partial charge is 0.444 e. The Morgan fingerprint density at radius 3 is 2.78 bits per heavy atom. The number of carbonyl (C=O) groups excluding carboxylic acids is 1. The van der Waals surface area contributed by atoms with Crippen LogP contribution in [0, 0.1) is 5.92 Å². The summed E-state index contributed by atoms with van der Waals surface area (Å²) < 4.78 is 11.1. The second-order valence-electron chi connectivity index (χ2n) is 8.88. The number of carbonyl (C=O) groups is 1. The number of nitrogen functional groups attached to an aromatic ring is 1. The summed E-state index contributed by atoms with van der Waals surface area (Å²) in [6, 6.07) is 3.81. The summed E-state index contributed by atoms with van der Waals surface area (Å²) in [6.07, 6.45) is 4.84. The first-order chi connectivity index (χ1) is 15.2. The van der Waals surface area contributed by atoms with Gasteiger partial charge in [-0.2, -0.15) is 0 Å². The molecule has 0 aliphatic carbocycles. The minimum atomic E-state index is -0.538. The summed E-state index contributed by atoms with van der Waals surface area (Å²) >= 11 is 0. The summed E-state index contributed by atoms with van der Waals surface area (Å²) in [6.45, 7) is 7.39. The SMILES string of the molecule is CO[C@H]1CN(c2ccnc3[nH]cc(-c4ccnc(N)n4)c23)C[C@H]1CNC(=O)OC(C)(C)C. The number of alkyl carbamates (subject to hydrolysis) is 1. The molecule has 10 heteroatoms. The number of rotatable bonds is 5. The van der Waals surface area contributed by atoms with E-state index in [9.17, 15) is 4.79 Å². The number of hydrogen-bond acceptors (Lipinski definition) is 8. The lowest BCUT2D eigenvalue weighted by molar-refractivity contribution is 0.0478. The summed E-state index contributed by atoms with van der Waals surface area (Å²) in [7, 11) is 1.70. The number of nitrogens with two attached hydrogens (primary N) is 1. The molecule has 1 saturated heterocycles. The highest BCUT2D eigenvalue weighted by molar-refractivity contribution is 6.02. The van der Waals surface area contributed by atoms with E-state index in [0.29, 0.717) is 19.6 Å². The minimum absolute atomic E-state index is 0.0368. The normalized spacial score (nSPS) is 18.8. The molecule has 3 aromatic rings. The van der Waals surface area contributed by atoms with Gasteiger partial charge in [-0.05, 0) is 32.9 Å². The molecular formula is C22H29N7O3. The van der Waals surface area contributed by atoms with Gasteiger partial charge in [0.2, 0.25) is 5.95 Å². The zero-order valence-electron chi connectivity index (χ0n) is 18.8. The van der Waals surface area contributed by atoms with Crippen molar-refractivity contribution in [3.8, 4) is 11.3 Å². The standard InChI is InChI=1S/C22H29N7O3/c1-22(2,3)32-21(30)27-9-13-11-29(12-17(13)31-4)16-6-8-24-19-18(16)14(10-26-19)15-5-7-25-20(23)28-15/h5-8,10,13,17H,9,11-12H2,1-4H3,(H,24,26)(H,27,30)(H2,23,25,28)/t13-,17+/m1/s1. The number of methoxy groups -OCH3 is 1. The van der Waals surface area contributed by atoms with Crippen molar-refractivity contribution in [1.82, 2.24) is 25.3 Å². The van der Waals surface area contributed by atoms with Crippen molar-refractivity contribution in [3.63, 3.8) is 0 Å². The number of pyridine rings is 1. The average molecular weight is 440 g/mol. The van der Waals surface area contributed by atoms with Crippen LogP contribution in [0.5, 0.6) is 0 Å². The Hall–Kier alpha value is -3.40. The Morgan fingerprint density at radius 2 is 2.06 bits per heavy atom. The van der Waals surface area contributed by atoms with Crippen LogP contribution in [0.15, 0.2) is 30.7 Å². The van der Waals surface area contributed by atoms with Gasteiger partial charge in [-0.25, -0.2) is 19.7 Å². The molecule has 4 heterocycles. The number of nitrogens with zero attached hydrogens (tertiary/aromatic N) is 4. The van der Waals surface area contributed by atoms with Crippen molar-refractivity contribution < 1.29 is 14.3 Å². The van der Waals surface area contributed by atoms with Crippen LogP contribution in [-0.2, 0) is 9.47 Å². The van der Waals surface area contributed by atoms with Crippen LogP contribution in [0.25, 0.3) is 22.3 Å². The topological polar surface area (TPSA) is 131 Å². The van der Waals surface area contributed by atoms with Crippen molar-refractivity contribution >= 4 is 28.8 Å². The van der Waals surface area contributed by atoms with E-state index in [1.54, 1.807) is 19.5 Å². The van der Waals surface area contributed by atoms with Gasteiger partial charge >= 0.3 is 6.09 Å². The summed E-state index contributed by atoms with van der Waals surface area (Å²) in [5, 5.41) is 3.84. The third-order valence-corrected chi connectivity index (χ3v) is 5.43. The first kappa shape index (κ1) is 21.8. The Labute approximate surface area is 186 Å². The molecule has 1 fully saturated rings. The Morgan fingerprint density at radius 1 is 1.28 bits per heavy atom. The third kappa shape index (κ3) is 4.59. The number of nitrogens with one attached hydrogen (secondary N) is 2. The molecule has 1 aliphatic heterocycles.